The minimum atomic E-state index is -0.426. The molecule has 4 rings (SSSR count). The van der Waals surface area contributed by atoms with Crippen molar-refractivity contribution in [1.29, 1.82) is 0 Å². The Morgan fingerprint density at radius 1 is 1.00 bits per heavy atom. The third-order valence-electron chi connectivity index (χ3n) is 4.26. The Kier molecular flexibility index (Phi) is 4.18. The molecule has 0 unspecified atom stereocenters. The largest absolute Gasteiger partial charge is 0.324 e. The molecule has 0 aliphatic carbocycles. The highest BCUT2D eigenvalue weighted by Crippen LogP contribution is 2.28. The Morgan fingerprint density at radius 3 is 2.67 bits per heavy atom. The zero-order valence-electron chi connectivity index (χ0n) is 14.5. The smallest absolute Gasteiger partial charge is 0.271 e. The van der Waals surface area contributed by atoms with Gasteiger partial charge in [-0.25, -0.2) is 9.97 Å². The van der Waals surface area contributed by atoms with Crippen LogP contribution in [-0.4, -0.2) is 19.9 Å². The predicted octanol–water partition coefficient (Wildman–Crippen LogP) is 4.65. The van der Waals surface area contributed by atoms with Gasteiger partial charge in [0.2, 0.25) is 5.95 Å². The number of aryl methyl sites for hydroxylation is 1. The molecular weight excluding hydrogens is 342 g/mol. The number of nitrogens with zero attached hydrogens (tertiary/aromatic N) is 4. The highest BCUT2D eigenvalue weighted by atomic mass is 16.6. The van der Waals surface area contributed by atoms with Gasteiger partial charge < -0.3 is 5.32 Å². The van der Waals surface area contributed by atoms with Crippen LogP contribution < -0.4 is 5.32 Å². The Labute approximate surface area is 154 Å². The van der Waals surface area contributed by atoms with E-state index in [1.165, 1.54) is 12.1 Å². The van der Waals surface area contributed by atoms with Gasteiger partial charge in [-0.15, -0.1) is 0 Å². The lowest BCUT2D eigenvalue weighted by molar-refractivity contribution is -0.384. The van der Waals surface area contributed by atoms with Gasteiger partial charge in [0.15, 0.2) is 0 Å². The molecule has 0 aliphatic heterocycles. The van der Waals surface area contributed by atoms with E-state index in [1.807, 2.05) is 43.3 Å². The van der Waals surface area contributed by atoms with Gasteiger partial charge >= 0.3 is 0 Å². The first-order chi connectivity index (χ1) is 13.1. The van der Waals surface area contributed by atoms with Crippen LogP contribution in [0.5, 0.6) is 0 Å². The molecule has 1 N–H and O–H groups in total. The number of nitro groups is 1. The normalized spacial score (nSPS) is 10.7. The van der Waals surface area contributed by atoms with Crippen molar-refractivity contribution >= 4 is 28.2 Å². The number of para-hydroxylation sites is 1. The minimum absolute atomic E-state index is 0.0133. The number of rotatable bonds is 4. The fraction of sp³-hybridized carbons (Fsp3) is 0.0500. The fourth-order valence-electron chi connectivity index (χ4n) is 2.87. The number of aromatic nitrogens is 3. The molecule has 4 aromatic rings. The highest BCUT2D eigenvalue weighted by Gasteiger charge is 2.11. The molecule has 0 spiro atoms. The minimum Gasteiger partial charge on any atom is -0.324 e. The van der Waals surface area contributed by atoms with E-state index in [-0.39, 0.29) is 5.69 Å². The SMILES string of the molecule is Cc1ccc([N+](=O)[O-])cc1Nc1nccc(-c2ccnc3ccccc23)n1. The van der Waals surface area contributed by atoms with E-state index in [1.54, 1.807) is 18.5 Å². The number of anilines is 2. The molecule has 0 radical (unpaired) electrons. The maximum absolute atomic E-state index is 11.0. The lowest BCUT2D eigenvalue weighted by Gasteiger charge is -2.10. The average Bonchev–Trinajstić information content (AvgIpc) is 2.69. The number of pyridine rings is 1. The van der Waals surface area contributed by atoms with Gasteiger partial charge in [-0.05, 0) is 30.7 Å². The van der Waals surface area contributed by atoms with Gasteiger partial charge in [0.05, 0.1) is 21.8 Å². The first-order valence-corrected chi connectivity index (χ1v) is 8.31. The summed E-state index contributed by atoms with van der Waals surface area (Å²) < 4.78 is 0. The summed E-state index contributed by atoms with van der Waals surface area (Å²) in [6.07, 6.45) is 3.41. The molecule has 7 nitrogen and oxygen atoms in total. The molecule has 0 atom stereocenters. The monoisotopic (exact) mass is 357 g/mol. The molecular formula is C20H15N5O2. The van der Waals surface area contributed by atoms with Gasteiger partial charge in [-0.3, -0.25) is 15.1 Å². The predicted molar refractivity (Wildman–Crippen MR) is 104 cm³/mol. The third-order valence-corrected chi connectivity index (χ3v) is 4.26. The number of hydrogen-bond donors (Lipinski definition) is 1. The summed E-state index contributed by atoms with van der Waals surface area (Å²) in [5.41, 5.74) is 4.05. The summed E-state index contributed by atoms with van der Waals surface area (Å²) in [4.78, 5) is 23.8. The second-order valence-corrected chi connectivity index (χ2v) is 6.02. The van der Waals surface area contributed by atoms with E-state index in [0.29, 0.717) is 11.6 Å². The highest BCUT2D eigenvalue weighted by molar-refractivity contribution is 5.93. The topological polar surface area (TPSA) is 93.8 Å². The van der Waals surface area contributed by atoms with Gasteiger partial charge in [0, 0.05) is 35.5 Å². The van der Waals surface area contributed by atoms with Crippen molar-refractivity contribution in [1.82, 2.24) is 15.0 Å². The molecule has 0 fully saturated rings. The maximum Gasteiger partial charge on any atom is 0.271 e. The number of nitro benzene ring substituents is 1. The molecule has 2 aromatic carbocycles. The van der Waals surface area contributed by atoms with Crippen LogP contribution in [0.2, 0.25) is 0 Å². The Bertz CT molecular complexity index is 1150. The van der Waals surface area contributed by atoms with Crippen molar-refractivity contribution in [2.75, 3.05) is 5.32 Å². The fourth-order valence-corrected chi connectivity index (χ4v) is 2.87. The van der Waals surface area contributed by atoms with Crippen LogP contribution in [0, 0.1) is 17.0 Å². The van der Waals surface area contributed by atoms with Crippen LogP contribution >= 0.6 is 0 Å². The third kappa shape index (κ3) is 3.30. The number of benzene rings is 2. The van der Waals surface area contributed by atoms with E-state index in [2.05, 4.69) is 20.3 Å². The Hall–Kier alpha value is -3.87. The van der Waals surface area contributed by atoms with Crippen LogP contribution in [0.25, 0.3) is 22.2 Å². The average molecular weight is 357 g/mol. The zero-order chi connectivity index (χ0) is 18.8. The maximum atomic E-state index is 11.0. The molecule has 0 amide bonds. The van der Waals surface area contributed by atoms with Crippen molar-refractivity contribution in [2.45, 2.75) is 6.92 Å². The first-order valence-electron chi connectivity index (χ1n) is 8.31. The standard InChI is InChI=1S/C20H15N5O2/c1-13-6-7-14(25(26)27)12-19(13)24-20-22-11-9-18(23-20)16-8-10-21-17-5-3-2-4-15(16)17/h2-12H,1H3,(H,22,23,24). The Morgan fingerprint density at radius 2 is 1.81 bits per heavy atom. The van der Waals surface area contributed by atoms with Crippen molar-refractivity contribution in [2.24, 2.45) is 0 Å². The quantitative estimate of drug-likeness (QED) is 0.422. The van der Waals surface area contributed by atoms with E-state index >= 15 is 0 Å². The molecule has 2 aromatic heterocycles. The summed E-state index contributed by atoms with van der Waals surface area (Å²) in [6.45, 7) is 1.87. The molecule has 0 bridgehead atoms. The van der Waals surface area contributed by atoms with Crippen molar-refractivity contribution in [3.8, 4) is 11.3 Å². The van der Waals surface area contributed by atoms with Crippen molar-refractivity contribution < 1.29 is 4.92 Å². The molecule has 7 heteroatoms. The van der Waals surface area contributed by atoms with Gasteiger partial charge in [-0.1, -0.05) is 24.3 Å². The second kappa shape index (κ2) is 6.80. The van der Waals surface area contributed by atoms with Crippen LogP contribution in [-0.2, 0) is 0 Å². The van der Waals surface area contributed by atoms with Gasteiger partial charge in [0.1, 0.15) is 0 Å². The lowest BCUT2D eigenvalue weighted by atomic mass is 10.1. The molecule has 132 valence electrons. The molecule has 2 heterocycles. The Balaban J connectivity index is 1.73. The van der Waals surface area contributed by atoms with Crippen LogP contribution in [0.15, 0.2) is 67.0 Å². The zero-order valence-corrected chi connectivity index (χ0v) is 14.5. The number of fused-ring (bicyclic) bond motifs is 1. The number of non-ortho nitro benzene ring substituents is 1. The molecule has 0 saturated heterocycles. The second-order valence-electron chi connectivity index (χ2n) is 6.02. The van der Waals surface area contributed by atoms with Crippen LogP contribution in [0.4, 0.5) is 17.3 Å². The number of nitrogens with one attached hydrogen (secondary N) is 1. The van der Waals surface area contributed by atoms with Crippen LogP contribution in [0.3, 0.4) is 0 Å². The summed E-state index contributed by atoms with van der Waals surface area (Å²) in [7, 11) is 0. The van der Waals surface area contributed by atoms with Gasteiger partial charge in [0.25, 0.3) is 5.69 Å². The van der Waals surface area contributed by atoms with Crippen molar-refractivity contribution in [3.05, 3.63) is 82.7 Å². The van der Waals surface area contributed by atoms with Crippen molar-refractivity contribution in [3.63, 3.8) is 0 Å². The summed E-state index contributed by atoms with van der Waals surface area (Å²) >= 11 is 0. The number of hydrogen-bond acceptors (Lipinski definition) is 6. The lowest BCUT2D eigenvalue weighted by Crippen LogP contribution is -2.00. The summed E-state index contributed by atoms with van der Waals surface area (Å²) in [5.74, 6) is 0.372. The van der Waals surface area contributed by atoms with E-state index in [0.717, 1.165) is 27.7 Å². The molecule has 0 saturated carbocycles. The van der Waals surface area contributed by atoms with E-state index in [4.69, 9.17) is 0 Å². The molecule has 0 aliphatic rings. The van der Waals surface area contributed by atoms with E-state index < -0.39 is 4.92 Å². The summed E-state index contributed by atoms with van der Waals surface area (Å²) in [5, 5.41) is 15.1. The first kappa shape index (κ1) is 16.6. The van der Waals surface area contributed by atoms with E-state index in [9.17, 15) is 10.1 Å². The van der Waals surface area contributed by atoms with Crippen LogP contribution in [0.1, 0.15) is 5.56 Å². The van der Waals surface area contributed by atoms with Gasteiger partial charge in [-0.2, -0.15) is 0 Å². The summed E-state index contributed by atoms with van der Waals surface area (Å²) in [6, 6.07) is 16.2. The molecule has 27 heavy (non-hydrogen) atoms.